The number of thiazole rings is 1. The van der Waals surface area contributed by atoms with E-state index in [0.29, 0.717) is 18.0 Å². The van der Waals surface area contributed by atoms with Crippen LogP contribution in [0.2, 0.25) is 0 Å². The largest absolute Gasteiger partial charge is 0.374 e. The van der Waals surface area contributed by atoms with Crippen molar-refractivity contribution < 1.29 is 9.53 Å². The van der Waals surface area contributed by atoms with E-state index < -0.39 is 0 Å². The highest BCUT2D eigenvalue weighted by Gasteiger charge is 2.21. The van der Waals surface area contributed by atoms with E-state index in [2.05, 4.69) is 34.4 Å². The quantitative estimate of drug-likeness (QED) is 0.659. The van der Waals surface area contributed by atoms with Crippen molar-refractivity contribution in [2.45, 2.75) is 37.5 Å². The SMILES string of the molecule is Cc1nc(CSc2ccc(C(=O)NCC3CN(CC(C)C)CCO3)cc2)cs1. The van der Waals surface area contributed by atoms with Gasteiger partial charge < -0.3 is 10.1 Å². The molecule has 1 saturated heterocycles. The molecular formula is C21H29N3O2S2. The number of thioether (sulfide) groups is 1. The molecule has 1 atom stereocenters. The molecule has 0 bridgehead atoms. The Bertz CT molecular complexity index is 761. The maximum Gasteiger partial charge on any atom is 0.251 e. The van der Waals surface area contributed by atoms with Crippen LogP contribution in [0.15, 0.2) is 34.5 Å². The number of ether oxygens (including phenoxy) is 1. The van der Waals surface area contributed by atoms with Gasteiger partial charge in [-0.2, -0.15) is 0 Å². The first-order valence-corrected chi connectivity index (χ1v) is 11.6. The van der Waals surface area contributed by atoms with Crippen molar-refractivity contribution >= 4 is 29.0 Å². The highest BCUT2D eigenvalue weighted by molar-refractivity contribution is 7.98. The molecule has 5 nitrogen and oxygen atoms in total. The molecule has 28 heavy (non-hydrogen) atoms. The van der Waals surface area contributed by atoms with E-state index in [0.717, 1.165) is 47.6 Å². The number of amides is 1. The Morgan fingerprint density at radius 2 is 2.18 bits per heavy atom. The summed E-state index contributed by atoms with van der Waals surface area (Å²) in [6.45, 7) is 10.7. The third-order valence-corrected chi connectivity index (χ3v) is 6.37. The maximum absolute atomic E-state index is 12.4. The van der Waals surface area contributed by atoms with Gasteiger partial charge in [0.1, 0.15) is 0 Å². The zero-order chi connectivity index (χ0) is 19.9. The van der Waals surface area contributed by atoms with Crippen LogP contribution in [0.3, 0.4) is 0 Å². The molecule has 0 saturated carbocycles. The molecule has 1 aromatic carbocycles. The lowest BCUT2D eigenvalue weighted by molar-refractivity contribution is -0.0295. The van der Waals surface area contributed by atoms with Crippen molar-refractivity contribution in [2.75, 3.05) is 32.8 Å². The van der Waals surface area contributed by atoms with Gasteiger partial charge in [0.15, 0.2) is 0 Å². The number of morpholine rings is 1. The summed E-state index contributed by atoms with van der Waals surface area (Å²) in [5, 5.41) is 6.21. The summed E-state index contributed by atoms with van der Waals surface area (Å²) in [4.78, 5) is 20.5. The first-order chi connectivity index (χ1) is 13.5. The van der Waals surface area contributed by atoms with E-state index in [1.165, 1.54) is 0 Å². The Labute approximate surface area is 175 Å². The summed E-state index contributed by atoms with van der Waals surface area (Å²) in [6, 6.07) is 7.77. The average Bonchev–Trinajstić information content (AvgIpc) is 3.10. The van der Waals surface area contributed by atoms with Crippen LogP contribution in [-0.2, 0) is 10.5 Å². The third kappa shape index (κ3) is 6.58. The van der Waals surface area contributed by atoms with E-state index in [9.17, 15) is 4.79 Å². The molecule has 1 aromatic heterocycles. The molecule has 1 aliphatic heterocycles. The first kappa shape index (κ1) is 21.3. The molecule has 0 spiro atoms. The van der Waals surface area contributed by atoms with Crippen molar-refractivity contribution in [2.24, 2.45) is 5.92 Å². The van der Waals surface area contributed by atoms with Gasteiger partial charge in [-0.1, -0.05) is 13.8 Å². The van der Waals surface area contributed by atoms with Gasteiger partial charge in [-0.3, -0.25) is 9.69 Å². The fourth-order valence-electron chi connectivity index (χ4n) is 3.23. The molecule has 1 amide bonds. The zero-order valence-corrected chi connectivity index (χ0v) is 18.4. The second kappa shape index (κ2) is 10.4. The number of carbonyl (C=O) groups excluding carboxylic acids is 1. The molecule has 7 heteroatoms. The van der Waals surface area contributed by atoms with Crippen LogP contribution < -0.4 is 5.32 Å². The minimum atomic E-state index is -0.0451. The van der Waals surface area contributed by atoms with Crippen LogP contribution in [0, 0.1) is 12.8 Å². The smallest absolute Gasteiger partial charge is 0.251 e. The van der Waals surface area contributed by atoms with Crippen LogP contribution in [-0.4, -0.2) is 54.7 Å². The van der Waals surface area contributed by atoms with E-state index >= 15 is 0 Å². The fraction of sp³-hybridized carbons (Fsp3) is 0.524. The summed E-state index contributed by atoms with van der Waals surface area (Å²) >= 11 is 3.41. The van der Waals surface area contributed by atoms with Gasteiger partial charge in [0.05, 0.1) is 23.4 Å². The van der Waals surface area contributed by atoms with Crippen LogP contribution in [0.5, 0.6) is 0 Å². The summed E-state index contributed by atoms with van der Waals surface area (Å²) < 4.78 is 5.81. The Hall–Kier alpha value is -1.41. The van der Waals surface area contributed by atoms with Crippen molar-refractivity contribution in [3.05, 3.63) is 45.9 Å². The number of carbonyl (C=O) groups is 1. The molecule has 0 radical (unpaired) electrons. The van der Waals surface area contributed by atoms with Gasteiger partial charge in [0.25, 0.3) is 5.91 Å². The number of nitrogens with zero attached hydrogens (tertiary/aromatic N) is 2. The van der Waals surface area contributed by atoms with Gasteiger partial charge in [0, 0.05) is 47.8 Å². The molecule has 1 unspecified atom stereocenters. The van der Waals surface area contributed by atoms with Crippen molar-refractivity contribution in [3.8, 4) is 0 Å². The van der Waals surface area contributed by atoms with Gasteiger partial charge in [-0.05, 0) is 37.1 Å². The summed E-state index contributed by atoms with van der Waals surface area (Å²) in [5.41, 5.74) is 1.79. The minimum absolute atomic E-state index is 0.0451. The van der Waals surface area contributed by atoms with Crippen LogP contribution in [0.4, 0.5) is 0 Å². The molecule has 2 heterocycles. The standard InChI is InChI=1S/C21H29N3O2S2/c1-15(2)11-24-8-9-26-19(12-24)10-22-21(25)17-4-6-20(7-5-17)28-14-18-13-27-16(3)23-18/h4-7,13,15,19H,8-12,14H2,1-3H3,(H,22,25). The van der Waals surface area contributed by atoms with E-state index in [-0.39, 0.29) is 12.0 Å². The molecule has 0 aliphatic carbocycles. The summed E-state index contributed by atoms with van der Waals surface area (Å²) in [6.07, 6.45) is 0.0628. The third-order valence-electron chi connectivity index (χ3n) is 4.51. The Morgan fingerprint density at radius 1 is 1.39 bits per heavy atom. The number of aryl methyl sites for hydroxylation is 1. The van der Waals surface area contributed by atoms with E-state index in [1.54, 1.807) is 23.1 Å². The number of aromatic nitrogens is 1. The summed E-state index contributed by atoms with van der Waals surface area (Å²) in [5.74, 6) is 1.45. The Balaban J connectivity index is 1.44. The fourth-order valence-corrected chi connectivity index (χ4v) is 4.74. The molecule has 1 fully saturated rings. The predicted octanol–water partition coefficient (Wildman–Crippen LogP) is 3.83. The second-order valence-electron chi connectivity index (χ2n) is 7.53. The van der Waals surface area contributed by atoms with Gasteiger partial charge in [0.2, 0.25) is 0 Å². The summed E-state index contributed by atoms with van der Waals surface area (Å²) in [7, 11) is 0. The maximum atomic E-state index is 12.4. The van der Waals surface area contributed by atoms with Crippen LogP contribution in [0.1, 0.15) is 34.9 Å². The molecule has 152 valence electrons. The lowest BCUT2D eigenvalue weighted by Crippen LogP contribution is -2.48. The normalized spacial score (nSPS) is 17.8. The second-order valence-corrected chi connectivity index (χ2v) is 9.64. The van der Waals surface area contributed by atoms with E-state index in [4.69, 9.17) is 4.74 Å². The number of nitrogens with one attached hydrogen (secondary N) is 1. The zero-order valence-electron chi connectivity index (χ0n) is 16.8. The highest BCUT2D eigenvalue weighted by atomic mass is 32.2. The molecule has 1 aliphatic rings. The lowest BCUT2D eigenvalue weighted by atomic mass is 10.1. The van der Waals surface area contributed by atoms with Gasteiger partial charge in [-0.15, -0.1) is 23.1 Å². The van der Waals surface area contributed by atoms with E-state index in [1.807, 2.05) is 31.2 Å². The number of benzene rings is 1. The lowest BCUT2D eigenvalue weighted by Gasteiger charge is -2.33. The van der Waals surface area contributed by atoms with Crippen molar-refractivity contribution in [1.82, 2.24) is 15.2 Å². The molecule has 1 N–H and O–H groups in total. The molecule has 2 aromatic rings. The predicted molar refractivity (Wildman–Crippen MR) is 116 cm³/mol. The van der Waals surface area contributed by atoms with Crippen LogP contribution >= 0.6 is 23.1 Å². The Kier molecular flexibility index (Phi) is 7.91. The number of hydrogen-bond donors (Lipinski definition) is 1. The van der Waals surface area contributed by atoms with Crippen molar-refractivity contribution in [3.63, 3.8) is 0 Å². The number of rotatable bonds is 8. The first-order valence-electron chi connectivity index (χ1n) is 9.75. The number of hydrogen-bond acceptors (Lipinski definition) is 6. The molecule has 3 rings (SSSR count). The van der Waals surface area contributed by atoms with Gasteiger partial charge >= 0.3 is 0 Å². The topological polar surface area (TPSA) is 54.5 Å². The highest BCUT2D eigenvalue weighted by Crippen LogP contribution is 2.23. The van der Waals surface area contributed by atoms with Gasteiger partial charge in [-0.25, -0.2) is 4.98 Å². The van der Waals surface area contributed by atoms with Crippen LogP contribution in [0.25, 0.3) is 0 Å². The monoisotopic (exact) mass is 419 g/mol. The Morgan fingerprint density at radius 3 is 2.86 bits per heavy atom. The van der Waals surface area contributed by atoms with Crippen molar-refractivity contribution in [1.29, 1.82) is 0 Å². The average molecular weight is 420 g/mol. The molecular weight excluding hydrogens is 390 g/mol. The minimum Gasteiger partial charge on any atom is -0.374 e.